The average Bonchev–Trinajstić information content (AvgIpc) is 3.46. The van der Waals surface area contributed by atoms with Crippen LogP contribution in [0.2, 0.25) is 0 Å². The monoisotopic (exact) mass is 677 g/mol. The largest absolute Gasteiger partial charge is 0.466 e. The molecule has 1 aliphatic heterocycles. The molecule has 3 aromatic carbocycles. The van der Waals surface area contributed by atoms with Crippen molar-refractivity contribution in [3.63, 3.8) is 0 Å². The van der Waals surface area contributed by atoms with Gasteiger partial charge in [-0.2, -0.15) is 18.3 Å². The third-order valence-corrected chi connectivity index (χ3v) is 7.98. The van der Waals surface area contributed by atoms with Gasteiger partial charge in [0.05, 0.1) is 30.6 Å². The number of carbonyl (C=O) groups is 4. The second kappa shape index (κ2) is 14.1. The molecule has 0 unspecified atom stereocenters. The Morgan fingerprint density at radius 2 is 1.69 bits per heavy atom. The summed E-state index contributed by atoms with van der Waals surface area (Å²) in [5.41, 5.74) is 0.309. The molecule has 0 bridgehead atoms. The highest BCUT2D eigenvalue weighted by Crippen LogP contribution is 2.44. The maximum atomic E-state index is 14.3. The summed E-state index contributed by atoms with van der Waals surface area (Å²) in [7, 11) is 1.18. The van der Waals surface area contributed by atoms with Crippen molar-refractivity contribution < 1.29 is 41.5 Å². The molecular weight excluding hydrogens is 646 g/mol. The van der Waals surface area contributed by atoms with Crippen molar-refractivity contribution in [3.8, 4) is 5.69 Å². The Bertz CT molecular complexity index is 1920. The Balaban J connectivity index is 1.67. The van der Waals surface area contributed by atoms with Crippen molar-refractivity contribution in [1.82, 2.24) is 20.4 Å². The van der Waals surface area contributed by atoms with E-state index in [0.717, 1.165) is 18.2 Å². The Kier molecular flexibility index (Phi) is 9.97. The van der Waals surface area contributed by atoms with Crippen LogP contribution in [0.1, 0.15) is 52.5 Å². The fourth-order valence-corrected chi connectivity index (χ4v) is 5.68. The maximum Gasteiger partial charge on any atom is 0.416 e. The third kappa shape index (κ3) is 7.22. The smallest absolute Gasteiger partial charge is 0.416 e. The van der Waals surface area contributed by atoms with Crippen LogP contribution in [0.5, 0.6) is 0 Å². The Hall–Kier alpha value is -5.79. The Morgan fingerprint density at radius 3 is 2.33 bits per heavy atom. The molecule has 10 nitrogen and oxygen atoms in total. The van der Waals surface area contributed by atoms with Gasteiger partial charge in [0, 0.05) is 35.2 Å². The Morgan fingerprint density at radius 1 is 1.00 bits per heavy atom. The van der Waals surface area contributed by atoms with Gasteiger partial charge in [0.25, 0.3) is 11.8 Å². The number of benzene rings is 3. The van der Waals surface area contributed by atoms with E-state index in [1.807, 2.05) is 0 Å². The number of hydrogen-bond acceptors (Lipinski definition) is 6. The van der Waals surface area contributed by atoms with Crippen LogP contribution in [0, 0.1) is 5.82 Å². The number of hydrogen-bond donors (Lipinski definition) is 2. The van der Waals surface area contributed by atoms with Crippen LogP contribution in [-0.2, 0) is 31.8 Å². The van der Waals surface area contributed by atoms with E-state index in [9.17, 15) is 36.7 Å². The van der Waals surface area contributed by atoms with Crippen LogP contribution >= 0.6 is 0 Å². The van der Waals surface area contributed by atoms with Crippen LogP contribution in [0.4, 0.5) is 23.4 Å². The molecule has 0 saturated heterocycles. The number of likely N-dealkylation sites (N-methyl/N-ethyl adjacent to an activating group) is 1. The summed E-state index contributed by atoms with van der Waals surface area (Å²) in [5.74, 6) is -4.14. The number of nitrogens with one attached hydrogen (secondary N) is 2. The summed E-state index contributed by atoms with van der Waals surface area (Å²) >= 11 is 0. The van der Waals surface area contributed by atoms with Gasteiger partial charge in [0.2, 0.25) is 5.91 Å². The number of methoxy groups -OCH3 is 1. The number of rotatable bonds is 9. The molecule has 3 amide bonds. The second-order valence-electron chi connectivity index (χ2n) is 11.1. The molecule has 2 N–H and O–H groups in total. The van der Waals surface area contributed by atoms with E-state index in [1.54, 1.807) is 37.3 Å². The van der Waals surface area contributed by atoms with Gasteiger partial charge in [-0.05, 0) is 61.9 Å². The summed E-state index contributed by atoms with van der Waals surface area (Å²) in [6.45, 7) is 3.01. The molecule has 254 valence electrons. The van der Waals surface area contributed by atoms with Crippen molar-refractivity contribution in [2.24, 2.45) is 0 Å². The molecule has 2 heterocycles. The predicted molar refractivity (Wildman–Crippen MR) is 170 cm³/mol. The minimum atomic E-state index is -4.71. The highest BCUT2D eigenvalue weighted by molar-refractivity contribution is 6.05. The number of carbonyl (C=O) groups excluding carboxylic acids is 4. The quantitative estimate of drug-likeness (QED) is 0.145. The van der Waals surface area contributed by atoms with E-state index in [4.69, 9.17) is 5.10 Å². The van der Waals surface area contributed by atoms with Crippen molar-refractivity contribution in [1.29, 1.82) is 0 Å². The van der Waals surface area contributed by atoms with Gasteiger partial charge in [0.15, 0.2) is 0 Å². The molecule has 0 fully saturated rings. The fraction of sp³-hybridized carbons (Fsp3) is 0.229. The number of anilines is 1. The van der Waals surface area contributed by atoms with Crippen molar-refractivity contribution in [2.75, 3.05) is 18.6 Å². The number of alkyl halides is 3. The number of ether oxygens (including phenoxy) is 1. The fourth-order valence-electron chi connectivity index (χ4n) is 5.68. The first kappa shape index (κ1) is 34.5. The van der Waals surface area contributed by atoms with E-state index in [1.165, 1.54) is 53.9 Å². The van der Waals surface area contributed by atoms with E-state index in [2.05, 4.69) is 15.4 Å². The van der Waals surface area contributed by atoms with Crippen molar-refractivity contribution >= 4 is 29.5 Å². The summed E-state index contributed by atoms with van der Waals surface area (Å²) < 4.78 is 60.8. The first-order chi connectivity index (χ1) is 23.3. The van der Waals surface area contributed by atoms with Gasteiger partial charge in [-0.15, -0.1) is 0 Å². The summed E-state index contributed by atoms with van der Waals surface area (Å²) in [6.07, 6.45) is -3.65. The number of esters is 1. The van der Waals surface area contributed by atoms with Gasteiger partial charge in [0.1, 0.15) is 17.7 Å². The predicted octanol–water partition coefficient (Wildman–Crippen LogP) is 5.06. The molecule has 5 rings (SSSR count). The number of amides is 3. The first-order valence-electron chi connectivity index (χ1n) is 15.1. The van der Waals surface area contributed by atoms with Crippen LogP contribution < -0.4 is 15.5 Å². The number of nitrogens with zero attached hydrogens (tertiary/aromatic N) is 3. The van der Waals surface area contributed by atoms with Crippen molar-refractivity contribution in [2.45, 2.75) is 38.5 Å². The molecule has 0 spiro atoms. The molecule has 0 radical (unpaired) electrons. The van der Waals surface area contributed by atoms with E-state index in [-0.39, 0.29) is 29.9 Å². The molecule has 0 saturated carbocycles. The molecule has 14 heteroatoms. The standard InChI is InChI=1S/C35H31F4N5O5/c1-4-43-32-29(26(42-44(32)25-11-6-5-7-12-25)19-40-27(45)17-20(2)34(48)49-3)28(21-13-15-24(36)16-14-21)30(33(43)47)41-31(46)22-9-8-10-23(18-22)35(37,38)39/h5-18,28,30H,4,19H2,1-3H3,(H,40,45)(H,41,46)/b20-17+/t28-,30-/m0/s1. The van der Waals surface area contributed by atoms with Gasteiger partial charge in [-0.3, -0.25) is 19.3 Å². The number of halogens is 4. The zero-order chi connectivity index (χ0) is 35.5. The highest BCUT2D eigenvalue weighted by atomic mass is 19.4. The van der Waals surface area contributed by atoms with Crippen LogP contribution in [0.25, 0.3) is 5.69 Å². The lowest BCUT2D eigenvalue weighted by molar-refractivity contribution is -0.138. The first-order valence-corrected chi connectivity index (χ1v) is 15.1. The lowest BCUT2D eigenvalue weighted by atomic mass is 9.80. The normalized spacial score (nSPS) is 16.2. The topological polar surface area (TPSA) is 123 Å². The molecular formula is C35H31F4N5O5. The number of fused-ring (bicyclic) bond motifs is 1. The lowest BCUT2D eigenvalue weighted by Gasteiger charge is -2.38. The molecule has 1 aromatic heterocycles. The summed E-state index contributed by atoms with van der Waals surface area (Å²) in [6, 6.07) is 16.5. The second-order valence-corrected chi connectivity index (χ2v) is 11.1. The van der Waals surface area contributed by atoms with Crippen molar-refractivity contribution in [3.05, 3.63) is 124 Å². The van der Waals surface area contributed by atoms with Crippen LogP contribution in [0.3, 0.4) is 0 Å². The molecule has 0 aliphatic carbocycles. The molecule has 1 aliphatic rings. The zero-order valence-corrected chi connectivity index (χ0v) is 26.5. The van der Waals surface area contributed by atoms with E-state index in [0.29, 0.717) is 28.7 Å². The highest BCUT2D eigenvalue weighted by Gasteiger charge is 2.46. The maximum absolute atomic E-state index is 14.3. The minimum absolute atomic E-state index is 0.0427. The number of para-hydroxylation sites is 1. The van der Waals surface area contributed by atoms with E-state index < -0.39 is 53.2 Å². The minimum Gasteiger partial charge on any atom is -0.466 e. The number of aromatic nitrogens is 2. The zero-order valence-electron chi connectivity index (χ0n) is 26.5. The van der Waals surface area contributed by atoms with Crippen LogP contribution in [0.15, 0.2) is 90.5 Å². The van der Waals surface area contributed by atoms with E-state index >= 15 is 0 Å². The van der Waals surface area contributed by atoms with Gasteiger partial charge < -0.3 is 15.4 Å². The molecule has 49 heavy (non-hydrogen) atoms. The molecule has 4 aromatic rings. The third-order valence-electron chi connectivity index (χ3n) is 7.98. The average molecular weight is 678 g/mol. The molecule has 2 atom stereocenters. The summed E-state index contributed by atoms with van der Waals surface area (Å²) in [4.78, 5) is 54.0. The van der Waals surface area contributed by atoms with Gasteiger partial charge in [-0.1, -0.05) is 36.4 Å². The Labute approximate surface area is 278 Å². The van der Waals surface area contributed by atoms with Crippen LogP contribution in [-0.4, -0.2) is 53.2 Å². The lowest BCUT2D eigenvalue weighted by Crippen LogP contribution is -2.55. The summed E-state index contributed by atoms with van der Waals surface area (Å²) in [5, 5.41) is 10.1. The van der Waals surface area contributed by atoms with Gasteiger partial charge >= 0.3 is 12.1 Å². The SMILES string of the molecule is CCN1C(=O)[C@@H](NC(=O)c2cccc(C(F)(F)F)c2)[C@@H](c2ccc(F)cc2)c2c(CNC(=O)/C=C(\C)C(=O)OC)nn(-c3ccccc3)c21. The van der Waals surface area contributed by atoms with Gasteiger partial charge in [-0.25, -0.2) is 13.9 Å².